The van der Waals surface area contributed by atoms with Crippen molar-refractivity contribution in [2.75, 3.05) is 26.3 Å². The Bertz CT molecular complexity index is 898. The Morgan fingerprint density at radius 3 is 2.68 bits per heavy atom. The normalized spacial score (nSPS) is 14.8. The van der Waals surface area contributed by atoms with Crippen LogP contribution in [0.5, 0.6) is 0 Å². The summed E-state index contributed by atoms with van der Waals surface area (Å²) in [4.78, 5) is 19.2. The van der Waals surface area contributed by atoms with Gasteiger partial charge in [-0.3, -0.25) is 4.79 Å². The van der Waals surface area contributed by atoms with E-state index in [9.17, 15) is 4.79 Å². The van der Waals surface area contributed by atoms with E-state index in [4.69, 9.17) is 9.84 Å². The Morgan fingerprint density at radius 1 is 1.20 bits per heavy atom. The molecule has 128 valence electrons. The molecule has 1 aliphatic heterocycles. The quantitative estimate of drug-likeness (QED) is 0.737. The number of rotatable bonds is 3. The molecule has 0 radical (unpaired) electrons. The van der Waals surface area contributed by atoms with E-state index in [2.05, 4.69) is 4.98 Å². The molecule has 4 rings (SSSR count). The Labute approximate surface area is 146 Å². The summed E-state index contributed by atoms with van der Waals surface area (Å²) in [6.45, 7) is 4.45. The molecule has 0 atom stereocenters. The summed E-state index contributed by atoms with van der Waals surface area (Å²) in [5.74, 6) is 0.00584. The number of carbonyl (C=O) groups is 1. The molecule has 1 amide bonds. The standard InChI is InChI=1S/C19H20N4O2/c1-2-17-15(19(24)22-8-10-25-11-9-22)13-20-18-12-16(21-23(17)18)14-6-4-3-5-7-14/h3-7,12-13H,2,8-11H2,1H3. The summed E-state index contributed by atoms with van der Waals surface area (Å²) in [7, 11) is 0. The number of morpholine rings is 1. The van der Waals surface area contributed by atoms with E-state index >= 15 is 0 Å². The zero-order valence-electron chi connectivity index (χ0n) is 14.2. The second-order valence-electron chi connectivity index (χ2n) is 6.04. The summed E-state index contributed by atoms with van der Waals surface area (Å²) in [5, 5.41) is 4.70. The first-order valence-corrected chi connectivity index (χ1v) is 8.58. The summed E-state index contributed by atoms with van der Waals surface area (Å²) < 4.78 is 7.14. The predicted molar refractivity (Wildman–Crippen MR) is 94.5 cm³/mol. The average molecular weight is 336 g/mol. The molecule has 6 heteroatoms. The van der Waals surface area contributed by atoms with Gasteiger partial charge in [-0.25, -0.2) is 9.50 Å². The molecule has 1 saturated heterocycles. The smallest absolute Gasteiger partial charge is 0.257 e. The molecule has 1 aliphatic rings. The monoisotopic (exact) mass is 336 g/mol. The molecule has 1 fully saturated rings. The summed E-state index contributed by atoms with van der Waals surface area (Å²) in [6, 6.07) is 12.0. The lowest BCUT2D eigenvalue weighted by Gasteiger charge is -2.27. The molecule has 6 nitrogen and oxygen atoms in total. The highest BCUT2D eigenvalue weighted by molar-refractivity contribution is 5.95. The number of aryl methyl sites for hydroxylation is 1. The van der Waals surface area contributed by atoms with Gasteiger partial charge >= 0.3 is 0 Å². The van der Waals surface area contributed by atoms with Gasteiger partial charge in [0.1, 0.15) is 0 Å². The van der Waals surface area contributed by atoms with Crippen molar-refractivity contribution in [3.05, 3.63) is 53.9 Å². The highest BCUT2D eigenvalue weighted by Gasteiger charge is 2.23. The van der Waals surface area contributed by atoms with Crippen LogP contribution in [-0.2, 0) is 11.2 Å². The van der Waals surface area contributed by atoms with E-state index in [-0.39, 0.29) is 5.91 Å². The van der Waals surface area contributed by atoms with Crippen LogP contribution >= 0.6 is 0 Å². The fraction of sp³-hybridized carbons (Fsp3) is 0.316. The Hall–Kier alpha value is -2.73. The number of carbonyl (C=O) groups excluding carboxylic acids is 1. The minimum Gasteiger partial charge on any atom is -0.378 e. The number of fused-ring (bicyclic) bond motifs is 1. The molecule has 3 heterocycles. The van der Waals surface area contributed by atoms with Crippen LogP contribution in [0.2, 0.25) is 0 Å². The van der Waals surface area contributed by atoms with E-state index in [0.717, 1.165) is 22.6 Å². The molecule has 0 aliphatic carbocycles. The van der Waals surface area contributed by atoms with Gasteiger partial charge < -0.3 is 9.64 Å². The number of hydrogen-bond acceptors (Lipinski definition) is 4. The third kappa shape index (κ3) is 2.89. The topological polar surface area (TPSA) is 59.7 Å². The molecule has 0 unspecified atom stereocenters. The molecule has 1 aromatic carbocycles. The number of amides is 1. The summed E-state index contributed by atoms with van der Waals surface area (Å²) >= 11 is 0. The zero-order valence-corrected chi connectivity index (χ0v) is 14.2. The van der Waals surface area contributed by atoms with Gasteiger partial charge in [0.2, 0.25) is 0 Å². The lowest BCUT2D eigenvalue weighted by atomic mass is 10.1. The van der Waals surface area contributed by atoms with E-state index in [1.54, 1.807) is 10.7 Å². The fourth-order valence-corrected chi connectivity index (χ4v) is 3.19. The Morgan fingerprint density at radius 2 is 1.96 bits per heavy atom. The molecule has 0 spiro atoms. The molecule has 3 aromatic rings. The number of nitrogens with zero attached hydrogens (tertiary/aromatic N) is 4. The molecule has 25 heavy (non-hydrogen) atoms. The van der Waals surface area contributed by atoms with Crippen LogP contribution in [0.1, 0.15) is 23.0 Å². The average Bonchev–Trinajstić information content (AvgIpc) is 3.12. The van der Waals surface area contributed by atoms with Gasteiger partial charge in [0.15, 0.2) is 5.65 Å². The minimum atomic E-state index is 0.00584. The lowest BCUT2D eigenvalue weighted by Crippen LogP contribution is -2.41. The van der Waals surface area contributed by atoms with Crippen LogP contribution in [0, 0.1) is 0 Å². The van der Waals surface area contributed by atoms with E-state index in [1.807, 2.05) is 48.2 Å². The van der Waals surface area contributed by atoms with Crippen LogP contribution in [-0.4, -0.2) is 51.7 Å². The maximum absolute atomic E-state index is 12.9. The van der Waals surface area contributed by atoms with Gasteiger partial charge in [0.05, 0.1) is 30.2 Å². The molecule has 0 N–H and O–H groups in total. The first-order valence-electron chi connectivity index (χ1n) is 8.58. The largest absolute Gasteiger partial charge is 0.378 e. The van der Waals surface area contributed by atoms with Gasteiger partial charge in [-0.05, 0) is 6.42 Å². The fourth-order valence-electron chi connectivity index (χ4n) is 3.19. The number of aromatic nitrogens is 3. The molecule has 0 bridgehead atoms. The lowest BCUT2D eigenvalue weighted by molar-refractivity contribution is 0.0301. The molecule has 2 aromatic heterocycles. The highest BCUT2D eigenvalue weighted by atomic mass is 16.5. The Balaban J connectivity index is 1.77. The summed E-state index contributed by atoms with van der Waals surface area (Å²) in [5.41, 5.74) is 4.17. The highest BCUT2D eigenvalue weighted by Crippen LogP contribution is 2.21. The van der Waals surface area contributed by atoms with E-state index < -0.39 is 0 Å². The second kappa shape index (κ2) is 6.64. The van der Waals surface area contributed by atoms with Crippen LogP contribution in [0.4, 0.5) is 0 Å². The minimum absolute atomic E-state index is 0.00584. The van der Waals surface area contributed by atoms with E-state index in [1.165, 1.54) is 0 Å². The van der Waals surface area contributed by atoms with Crippen LogP contribution in [0.25, 0.3) is 16.9 Å². The van der Waals surface area contributed by atoms with Gasteiger partial charge in [-0.15, -0.1) is 0 Å². The van der Waals surface area contributed by atoms with Crippen molar-refractivity contribution in [2.45, 2.75) is 13.3 Å². The van der Waals surface area contributed by atoms with Gasteiger partial charge in [-0.2, -0.15) is 5.10 Å². The maximum atomic E-state index is 12.9. The third-order valence-corrected chi connectivity index (χ3v) is 4.52. The third-order valence-electron chi connectivity index (χ3n) is 4.52. The van der Waals surface area contributed by atoms with Crippen molar-refractivity contribution in [1.29, 1.82) is 0 Å². The van der Waals surface area contributed by atoms with Crippen molar-refractivity contribution in [3.63, 3.8) is 0 Å². The van der Waals surface area contributed by atoms with Gasteiger partial charge in [-0.1, -0.05) is 37.3 Å². The van der Waals surface area contributed by atoms with Crippen LogP contribution < -0.4 is 0 Å². The second-order valence-corrected chi connectivity index (χ2v) is 6.04. The zero-order chi connectivity index (χ0) is 17.2. The van der Waals surface area contributed by atoms with Crippen molar-refractivity contribution >= 4 is 11.6 Å². The van der Waals surface area contributed by atoms with Crippen molar-refractivity contribution < 1.29 is 9.53 Å². The van der Waals surface area contributed by atoms with Crippen molar-refractivity contribution in [2.24, 2.45) is 0 Å². The number of benzene rings is 1. The number of ether oxygens (including phenoxy) is 1. The molecular weight excluding hydrogens is 316 g/mol. The molecular formula is C19H20N4O2. The van der Waals surface area contributed by atoms with Crippen LogP contribution in [0.15, 0.2) is 42.6 Å². The first-order chi connectivity index (χ1) is 12.3. The van der Waals surface area contributed by atoms with Crippen molar-refractivity contribution in [1.82, 2.24) is 19.5 Å². The Kier molecular flexibility index (Phi) is 4.19. The van der Waals surface area contributed by atoms with Gasteiger partial charge in [0, 0.05) is 30.9 Å². The van der Waals surface area contributed by atoms with Gasteiger partial charge in [0.25, 0.3) is 5.91 Å². The van der Waals surface area contributed by atoms with Crippen molar-refractivity contribution in [3.8, 4) is 11.3 Å². The first kappa shape index (κ1) is 15.8. The van der Waals surface area contributed by atoms with Crippen LogP contribution in [0.3, 0.4) is 0 Å². The SMILES string of the molecule is CCc1c(C(=O)N2CCOCC2)cnc2cc(-c3ccccc3)nn12. The summed E-state index contributed by atoms with van der Waals surface area (Å²) in [6.07, 6.45) is 2.39. The predicted octanol–water partition coefficient (Wildman–Crippen LogP) is 2.43. The maximum Gasteiger partial charge on any atom is 0.257 e. The van der Waals surface area contributed by atoms with E-state index in [0.29, 0.717) is 38.3 Å². The molecule has 0 saturated carbocycles. The number of hydrogen-bond donors (Lipinski definition) is 0.